The Balaban J connectivity index is 3.03. The molecule has 4 nitrogen and oxygen atoms in total. The standard InChI is InChI=1S/C7H9N2O2/c1-9-5-3-4-8-6(9)7(10)11-2/h3-5H,1-2H3/q+1. The van der Waals surface area contributed by atoms with Gasteiger partial charge in [-0.3, -0.25) is 0 Å². The third-order valence-corrected chi connectivity index (χ3v) is 1.29. The number of esters is 1. The van der Waals surface area contributed by atoms with Crippen molar-refractivity contribution in [2.45, 2.75) is 0 Å². The van der Waals surface area contributed by atoms with E-state index in [2.05, 4.69) is 9.72 Å². The zero-order chi connectivity index (χ0) is 8.27. The van der Waals surface area contributed by atoms with E-state index in [0.717, 1.165) is 0 Å². The Bertz CT molecular complexity index is 273. The highest BCUT2D eigenvalue weighted by Crippen LogP contribution is 1.86. The fourth-order valence-corrected chi connectivity index (χ4v) is 0.731. The zero-order valence-electron chi connectivity index (χ0n) is 6.44. The Morgan fingerprint density at radius 2 is 2.45 bits per heavy atom. The lowest BCUT2D eigenvalue weighted by molar-refractivity contribution is -0.677. The number of methoxy groups -OCH3 is 1. The number of aromatic nitrogens is 2. The maximum absolute atomic E-state index is 10.9. The van der Waals surface area contributed by atoms with Crippen LogP contribution in [0.5, 0.6) is 0 Å². The minimum absolute atomic E-state index is 0.301. The molecule has 0 unspecified atom stereocenters. The summed E-state index contributed by atoms with van der Waals surface area (Å²) in [6.45, 7) is 0. The second-order valence-corrected chi connectivity index (χ2v) is 2.05. The van der Waals surface area contributed by atoms with Crippen LogP contribution in [0.15, 0.2) is 18.5 Å². The molecule has 0 bridgehead atoms. The summed E-state index contributed by atoms with van der Waals surface area (Å²) in [5, 5.41) is 0. The van der Waals surface area contributed by atoms with Crippen LogP contribution in [0.2, 0.25) is 0 Å². The second kappa shape index (κ2) is 3.09. The minimum atomic E-state index is -0.423. The Labute approximate surface area is 64.5 Å². The first-order chi connectivity index (χ1) is 5.25. The molecule has 1 aromatic rings. The summed E-state index contributed by atoms with van der Waals surface area (Å²) in [5.74, 6) is -0.122. The molecule has 0 aliphatic rings. The van der Waals surface area contributed by atoms with Gasteiger partial charge in [-0.25, -0.2) is 9.36 Å². The van der Waals surface area contributed by atoms with Crippen LogP contribution in [0, 0.1) is 0 Å². The normalized spacial score (nSPS) is 9.27. The quantitative estimate of drug-likeness (QED) is 0.410. The first-order valence-corrected chi connectivity index (χ1v) is 3.14. The van der Waals surface area contributed by atoms with E-state index in [1.807, 2.05) is 0 Å². The number of rotatable bonds is 1. The fraction of sp³-hybridized carbons (Fsp3) is 0.286. The maximum atomic E-state index is 10.9. The molecule has 4 heteroatoms. The number of hydrogen-bond acceptors (Lipinski definition) is 3. The fourth-order valence-electron chi connectivity index (χ4n) is 0.731. The van der Waals surface area contributed by atoms with E-state index in [1.54, 1.807) is 30.1 Å². The lowest BCUT2D eigenvalue weighted by Crippen LogP contribution is -2.37. The largest absolute Gasteiger partial charge is 0.460 e. The highest BCUT2D eigenvalue weighted by atomic mass is 16.5. The smallest absolute Gasteiger partial charge is 0.425 e. The Morgan fingerprint density at radius 3 is 3.00 bits per heavy atom. The third kappa shape index (κ3) is 1.52. The molecule has 0 N–H and O–H groups in total. The molecule has 0 spiro atoms. The third-order valence-electron chi connectivity index (χ3n) is 1.29. The van der Waals surface area contributed by atoms with Crippen molar-refractivity contribution in [1.29, 1.82) is 0 Å². The van der Waals surface area contributed by atoms with Crippen LogP contribution in [-0.2, 0) is 11.8 Å². The van der Waals surface area contributed by atoms with Crippen LogP contribution in [0.25, 0.3) is 0 Å². The van der Waals surface area contributed by atoms with Crippen molar-refractivity contribution < 1.29 is 14.1 Å². The lowest BCUT2D eigenvalue weighted by Gasteiger charge is -1.93. The highest BCUT2D eigenvalue weighted by molar-refractivity contribution is 5.83. The minimum Gasteiger partial charge on any atom is -0.460 e. The van der Waals surface area contributed by atoms with Crippen LogP contribution in [0.3, 0.4) is 0 Å². The van der Waals surface area contributed by atoms with Gasteiger partial charge in [0.25, 0.3) is 0 Å². The molecular formula is C7H9N2O2+. The van der Waals surface area contributed by atoms with E-state index in [1.165, 1.54) is 7.11 Å². The Morgan fingerprint density at radius 1 is 1.73 bits per heavy atom. The summed E-state index contributed by atoms with van der Waals surface area (Å²) in [6, 6.07) is 1.74. The van der Waals surface area contributed by atoms with E-state index < -0.39 is 5.97 Å². The SMILES string of the molecule is COC(=O)c1nccc[n+]1C. The summed E-state index contributed by atoms with van der Waals surface area (Å²) in [6.07, 6.45) is 3.28. The van der Waals surface area contributed by atoms with Crippen molar-refractivity contribution in [3.8, 4) is 0 Å². The van der Waals surface area contributed by atoms with Crippen molar-refractivity contribution >= 4 is 5.97 Å². The molecule has 0 radical (unpaired) electrons. The number of ether oxygens (including phenoxy) is 1. The van der Waals surface area contributed by atoms with Gasteiger partial charge in [-0.1, -0.05) is 0 Å². The van der Waals surface area contributed by atoms with Gasteiger partial charge in [0.15, 0.2) is 0 Å². The number of carbonyl (C=O) groups is 1. The van der Waals surface area contributed by atoms with E-state index in [-0.39, 0.29) is 0 Å². The van der Waals surface area contributed by atoms with Crippen molar-refractivity contribution in [3.63, 3.8) is 0 Å². The zero-order valence-corrected chi connectivity index (χ0v) is 6.44. The summed E-state index contributed by atoms with van der Waals surface area (Å²) in [5.41, 5.74) is 0. The van der Waals surface area contributed by atoms with Crippen molar-refractivity contribution in [1.82, 2.24) is 4.98 Å². The van der Waals surface area contributed by atoms with Crippen molar-refractivity contribution in [2.75, 3.05) is 7.11 Å². The van der Waals surface area contributed by atoms with Gasteiger partial charge in [-0.05, 0) is 4.98 Å². The van der Waals surface area contributed by atoms with E-state index >= 15 is 0 Å². The topological polar surface area (TPSA) is 43.1 Å². The molecule has 0 amide bonds. The molecule has 0 saturated carbocycles. The number of aryl methyl sites for hydroxylation is 1. The number of carbonyl (C=O) groups excluding carboxylic acids is 1. The molecule has 1 aromatic heterocycles. The highest BCUT2D eigenvalue weighted by Gasteiger charge is 2.18. The second-order valence-electron chi connectivity index (χ2n) is 2.05. The molecule has 0 fully saturated rings. The molecule has 58 valence electrons. The average Bonchev–Trinajstić information content (AvgIpc) is 2.04. The van der Waals surface area contributed by atoms with Crippen molar-refractivity contribution in [3.05, 3.63) is 24.3 Å². The predicted octanol–water partition coefficient (Wildman–Crippen LogP) is -0.307. The summed E-state index contributed by atoms with van der Waals surface area (Å²) < 4.78 is 6.10. The molecule has 0 aliphatic heterocycles. The lowest BCUT2D eigenvalue weighted by atomic mass is 10.5. The van der Waals surface area contributed by atoms with E-state index in [0.29, 0.717) is 5.82 Å². The van der Waals surface area contributed by atoms with Gasteiger partial charge in [0.1, 0.15) is 6.20 Å². The van der Waals surface area contributed by atoms with Gasteiger partial charge in [0.05, 0.1) is 20.4 Å². The molecule has 1 heterocycles. The van der Waals surface area contributed by atoms with Crippen LogP contribution < -0.4 is 4.57 Å². The number of nitrogens with zero attached hydrogens (tertiary/aromatic N) is 2. The van der Waals surface area contributed by atoms with Gasteiger partial charge >= 0.3 is 11.8 Å². The van der Waals surface area contributed by atoms with Crippen LogP contribution in [-0.4, -0.2) is 18.1 Å². The predicted molar refractivity (Wildman–Crippen MR) is 36.8 cm³/mol. The first kappa shape index (κ1) is 7.65. The summed E-state index contributed by atoms with van der Waals surface area (Å²) in [4.78, 5) is 14.8. The summed E-state index contributed by atoms with van der Waals surface area (Å²) >= 11 is 0. The number of hydrogen-bond donors (Lipinski definition) is 0. The molecular weight excluding hydrogens is 144 g/mol. The molecule has 0 saturated heterocycles. The summed E-state index contributed by atoms with van der Waals surface area (Å²) in [7, 11) is 3.07. The molecule has 1 rings (SSSR count). The monoisotopic (exact) mass is 153 g/mol. The van der Waals surface area contributed by atoms with E-state index in [9.17, 15) is 4.79 Å². The first-order valence-electron chi connectivity index (χ1n) is 3.14. The Kier molecular flexibility index (Phi) is 2.15. The van der Waals surface area contributed by atoms with Gasteiger partial charge in [0.2, 0.25) is 0 Å². The Hall–Kier alpha value is -1.45. The van der Waals surface area contributed by atoms with Crippen LogP contribution >= 0.6 is 0 Å². The van der Waals surface area contributed by atoms with Crippen molar-refractivity contribution in [2.24, 2.45) is 7.05 Å². The molecule has 0 atom stereocenters. The van der Waals surface area contributed by atoms with Gasteiger partial charge < -0.3 is 4.74 Å². The van der Waals surface area contributed by atoms with Crippen LogP contribution in [0.1, 0.15) is 10.6 Å². The maximum Gasteiger partial charge on any atom is 0.425 e. The van der Waals surface area contributed by atoms with Gasteiger partial charge in [-0.15, -0.1) is 0 Å². The van der Waals surface area contributed by atoms with Gasteiger partial charge in [0, 0.05) is 6.07 Å². The van der Waals surface area contributed by atoms with Gasteiger partial charge in [-0.2, -0.15) is 0 Å². The van der Waals surface area contributed by atoms with Crippen LogP contribution in [0.4, 0.5) is 0 Å². The van der Waals surface area contributed by atoms with E-state index in [4.69, 9.17) is 0 Å². The average molecular weight is 153 g/mol. The molecule has 0 aliphatic carbocycles. The molecule has 11 heavy (non-hydrogen) atoms. The molecule has 0 aromatic carbocycles.